The number of benzene rings is 2. The van der Waals surface area contributed by atoms with E-state index in [0.29, 0.717) is 5.39 Å². The van der Waals surface area contributed by atoms with Crippen molar-refractivity contribution in [3.05, 3.63) is 74.8 Å². The van der Waals surface area contributed by atoms with Crippen molar-refractivity contribution < 1.29 is 27.7 Å². The molecule has 0 bridgehead atoms. The third-order valence-electron chi connectivity index (χ3n) is 3.52. The van der Waals surface area contributed by atoms with Gasteiger partial charge < -0.3 is 14.5 Å². The zero-order valence-electron chi connectivity index (χ0n) is 13.3. The Morgan fingerprint density at radius 3 is 2.48 bits per heavy atom. The number of carbonyl (C=O) groups excluding carboxylic acids is 1. The molecule has 1 N–H and O–H groups in total. The fraction of sp³-hybridized carbons (Fsp3) is 0.0588. The van der Waals surface area contributed by atoms with Crippen molar-refractivity contribution in [3.8, 4) is 5.75 Å². The number of rotatable bonds is 5. The van der Waals surface area contributed by atoms with Gasteiger partial charge in [-0.2, -0.15) is 8.78 Å². The van der Waals surface area contributed by atoms with Crippen molar-refractivity contribution in [3.63, 3.8) is 0 Å². The number of hydrogen-bond donors (Lipinski definition) is 1. The van der Waals surface area contributed by atoms with Crippen LogP contribution in [0.1, 0.15) is 10.6 Å². The van der Waals surface area contributed by atoms with Crippen LogP contribution in [-0.2, 0) is 0 Å². The van der Waals surface area contributed by atoms with Crippen LogP contribution in [0.4, 0.5) is 20.2 Å². The highest BCUT2D eigenvalue weighted by molar-refractivity contribution is 6.04. The molecule has 0 fully saturated rings. The summed E-state index contributed by atoms with van der Waals surface area (Å²) in [6, 6.07) is 9.99. The molecule has 8 nitrogen and oxygen atoms in total. The molecule has 10 heteroatoms. The first-order valence-corrected chi connectivity index (χ1v) is 7.42. The van der Waals surface area contributed by atoms with Crippen molar-refractivity contribution in [2.45, 2.75) is 6.61 Å². The number of hydrogen-bond acceptors (Lipinski definition) is 6. The first-order valence-electron chi connectivity index (χ1n) is 7.42. The van der Waals surface area contributed by atoms with E-state index >= 15 is 0 Å². The Labute approximate surface area is 149 Å². The molecule has 3 rings (SSSR count). The van der Waals surface area contributed by atoms with Crippen molar-refractivity contribution in [2.75, 3.05) is 5.32 Å². The summed E-state index contributed by atoms with van der Waals surface area (Å²) in [6.07, 6.45) is 0. The van der Waals surface area contributed by atoms with Gasteiger partial charge in [0.25, 0.3) is 11.6 Å². The number of non-ortho nitro benzene ring substituents is 1. The number of nitro groups is 1. The Hall–Kier alpha value is -3.82. The van der Waals surface area contributed by atoms with Crippen molar-refractivity contribution in [1.82, 2.24) is 0 Å². The molecule has 1 amide bonds. The maximum Gasteiger partial charge on any atom is 0.387 e. The molecule has 1 aromatic heterocycles. The van der Waals surface area contributed by atoms with Crippen molar-refractivity contribution in [2.24, 2.45) is 0 Å². The molecule has 0 spiro atoms. The number of halogens is 2. The lowest BCUT2D eigenvalue weighted by Crippen LogP contribution is -2.15. The number of alkyl halides is 2. The van der Waals surface area contributed by atoms with E-state index < -0.39 is 23.1 Å². The minimum atomic E-state index is -2.96. The summed E-state index contributed by atoms with van der Waals surface area (Å²) >= 11 is 0. The lowest BCUT2D eigenvalue weighted by molar-refractivity contribution is -0.384. The first kappa shape index (κ1) is 18.0. The molecule has 0 aliphatic heterocycles. The summed E-state index contributed by atoms with van der Waals surface area (Å²) < 4.78 is 33.3. The van der Waals surface area contributed by atoms with Gasteiger partial charge in [-0.1, -0.05) is 0 Å². The fourth-order valence-electron chi connectivity index (χ4n) is 2.31. The molecule has 0 aliphatic carbocycles. The molecular weight excluding hydrogens is 366 g/mol. The second-order valence-electron chi connectivity index (χ2n) is 5.28. The number of nitrogens with zero attached hydrogens (tertiary/aromatic N) is 1. The Morgan fingerprint density at radius 1 is 1.15 bits per heavy atom. The minimum absolute atomic E-state index is 0.0331. The predicted molar refractivity (Wildman–Crippen MR) is 90.2 cm³/mol. The molecule has 138 valence electrons. The highest BCUT2D eigenvalue weighted by Crippen LogP contribution is 2.21. The summed E-state index contributed by atoms with van der Waals surface area (Å²) in [4.78, 5) is 34.4. The largest absolute Gasteiger partial charge is 0.435 e. The second-order valence-corrected chi connectivity index (χ2v) is 5.28. The third kappa shape index (κ3) is 4.06. The number of ether oxygens (including phenoxy) is 1. The molecule has 0 radical (unpaired) electrons. The highest BCUT2D eigenvalue weighted by atomic mass is 19.3. The highest BCUT2D eigenvalue weighted by Gasteiger charge is 2.15. The first-order chi connectivity index (χ1) is 12.8. The van der Waals surface area contributed by atoms with E-state index in [1.54, 1.807) is 0 Å². The Kier molecular flexibility index (Phi) is 4.79. The van der Waals surface area contributed by atoms with Gasteiger partial charge in [0.05, 0.1) is 10.3 Å². The summed E-state index contributed by atoms with van der Waals surface area (Å²) in [5, 5.41) is 13.5. The van der Waals surface area contributed by atoms with E-state index in [2.05, 4.69) is 10.1 Å². The topological polar surface area (TPSA) is 112 Å². The lowest BCUT2D eigenvalue weighted by Gasteiger charge is -2.07. The zero-order chi connectivity index (χ0) is 19.6. The van der Waals surface area contributed by atoms with Gasteiger partial charge in [-0.25, -0.2) is 4.79 Å². The monoisotopic (exact) mass is 376 g/mol. The van der Waals surface area contributed by atoms with Crippen LogP contribution in [0.2, 0.25) is 0 Å². The molecule has 0 saturated carbocycles. The molecule has 3 aromatic rings. The molecule has 2 aromatic carbocycles. The van der Waals surface area contributed by atoms with Gasteiger partial charge in [-0.05, 0) is 41.8 Å². The van der Waals surface area contributed by atoms with E-state index in [1.807, 2.05) is 0 Å². The van der Waals surface area contributed by atoms with Crippen LogP contribution in [0, 0.1) is 10.1 Å². The van der Waals surface area contributed by atoms with Gasteiger partial charge in [-0.15, -0.1) is 0 Å². The van der Waals surface area contributed by atoms with Crippen LogP contribution in [0.3, 0.4) is 0 Å². The summed E-state index contributed by atoms with van der Waals surface area (Å²) in [5.74, 6) is -1.15. The zero-order valence-corrected chi connectivity index (χ0v) is 13.3. The average Bonchev–Trinajstić information content (AvgIpc) is 2.62. The number of amides is 1. The maximum absolute atomic E-state index is 12.2. The van der Waals surface area contributed by atoms with Gasteiger partial charge in [-0.3, -0.25) is 14.9 Å². The number of anilines is 1. The van der Waals surface area contributed by atoms with E-state index in [9.17, 15) is 28.5 Å². The van der Waals surface area contributed by atoms with E-state index in [0.717, 1.165) is 6.07 Å². The fourth-order valence-corrected chi connectivity index (χ4v) is 2.31. The van der Waals surface area contributed by atoms with Crippen LogP contribution in [0.15, 0.2) is 57.7 Å². The van der Waals surface area contributed by atoms with Crippen LogP contribution in [0.25, 0.3) is 10.8 Å². The standard InChI is InChI=1S/C17H10F2N2O6/c18-17(19)26-12-5-2-10(3-6-12)20-15(22)14-7-9-1-4-11(21(24)25)8-13(9)16(23)27-14/h1-8,17H,(H,20,22). The van der Waals surface area contributed by atoms with Crippen LogP contribution < -0.4 is 15.7 Å². The second kappa shape index (κ2) is 7.20. The van der Waals surface area contributed by atoms with Gasteiger partial charge in [0.1, 0.15) is 5.75 Å². The number of nitro benzene ring substituents is 1. The Balaban J connectivity index is 1.84. The third-order valence-corrected chi connectivity index (χ3v) is 3.52. The van der Waals surface area contributed by atoms with Crippen molar-refractivity contribution >= 4 is 28.1 Å². The van der Waals surface area contributed by atoms with Crippen LogP contribution in [0.5, 0.6) is 5.75 Å². The van der Waals surface area contributed by atoms with E-state index in [4.69, 9.17) is 4.42 Å². The number of carbonyl (C=O) groups is 1. The summed E-state index contributed by atoms with van der Waals surface area (Å²) in [6.45, 7) is -2.96. The predicted octanol–water partition coefficient (Wildman–Crippen LogP) is 3.55. The Morgan fingerprint density at radius 2 is 1.85 bits per heavy atom. The van der Waals surface area contributed by atoms with Gasteiger partial charge in [0.15, 0.2) is 5.76 Å². The van der Waals surface area contributed by atoms with Gasteiger partial charge in [0, 0.05) is 17.8 Å². The maximum atomic E-state index is 12.2. The normalized spacial score (nSPS) is 10.8. The average molecular weight is 376 g/mol. The molecule has 1 heterocycles. The van der Waals surface area contributed by atoms with Crippen LogP contribution >= 0.6 is 0 Å². The molecular formula is C17H10F2N2O6. The number of fused-ring (bicyclic) bond motifs is 1. The van der Waals surface area contributed by atoms with E-state index in [-0.39, 0.29) is 28.3 Å². The summed E-state index contributed by atoms with van der Waals surface area (Å²) in [5.41, 5.74) is -0.923. The Bertz CT molecular complexity index is 1080. The van der Waals surface area contributed by atoms with Crippen molar-refractivity contribution in [1.29, 1.82) is 0 Å². The van der Waals surface area contributed by atoms with Crippen LogP contribution in [-0.4, -0.2) is 17.4 Å². The molecule has 0 unspecified atom stereocenters. The van der Waals surface area contributed by atoms with E-state index in [1.165, 1.54) is 42.5 Å². The summed E-state index contributed by atoms with van der Waals surface area (Å²) in [7, 11) is 0. The molecule has 0 aliphatic rings. The quantitative estimate of drug-likeness (QED) is 0.538. The number of nitrogens with one attached hydrogen (secondary N) is 1. The molecule has 27 heavy (non-hydrogen) atoms. The smallest absolute Gasteiger partial charge is 0.387 e. The molecule has 0 atom stereocenters. The van der Waals surface area contributed by atoms with Gasteiger partial charge in [0.2, 0.25) is 0 Å². The van der Waals surface area contributed by atoms with Gasteiger partial charge >= 0.3 is 12.2 Å². The molecule has 0 saturated heterocycles. The lowest BCUT2D eigenvalue weighted by atomic mass is 10.1. The SMILES string of the molecule is O=C(Nc1ccc(OC(F)F)cc1)c1cc2ccc([N+](=O)[O-])cc2c(=O)o1. The minimum Gasteiger partial charge on any atom is -0.435 e.